The van der Waals surface area contributed by atoms with Crippen molar-refractivity contribution in [3.8, 4) is 11.5 Å². The van der Waals surface area contributed by atoms with Crippen molar-refractivity contribution in [3.63, 3.8) is 0 Å². The number of carbonyl (C=O) groups excluding carboxylic acids is 1. The molecule has 7 heteroatoms. The molecule has 0 fully saturated rings. The van der Waals surface area contributed by atoms with Gasteiger partial charge in [0, 0.05) is 5.56 Å². The van der Waals surface area contributed by atoms with Crippen LogP contribution < -0.4 is 0 Å². The number of ketones is 1. The third kappa shape index (κ3) is 2.54. The van der Waals surface area contributed by atoms with Crippen molar-refractivity contribution in [1.82, 2.24) is 0 Å². The molecule has 2 aromatic carbocycles. The summed E-state index contributed by atoms with van der Waals surface area (Å²) in [6.07, 6.45) is 0. The van der Waals surface area contributed by atoms with E-state index >= 15 is 0 Å². The number of phenolic OH excluding ortho intramolecular Hbond substituents is 2. The van der Waals surface area contributed by atoms with Crippen LogP contribution in [-0.2, 0) is 0 Å². The Morgan fingerprint density at radius 1 is 0.800 bits per heavy atom. The molecule has 2 N–H and O–H groups in total. The van der Waals surface area contributed by atoms with Gasteiger partial charge in [0.1, 0.15) is 15.8 Å². The fourth-order valence-electron chi connectivity index (χ4n) is 1.58. The number of aromatic hydroxyl groups is 2. The van der Waals surface area contributed by atoms with E-state index in [1.165, 1.54) is 24.3 Å². The maximum Gasteiger partial charge on any atom is 0.196 e. The molecule has 0 aliphatic rings. The quantitative estimate of drug-likeness (QED) is 0.595. The van der Waals surface area contributed by atoms with Crippen LogP contribution in [0.15, 0.2) is 24.3 Å². The molecule has 104 valence electrons. The second-order valence-corrected chi connectivity index (χ2v) is 5.37. The lowest BCUT2D eigenvalue weighted by Crippen LogP contribution is -2.04. The first-order valence-corrected chi connectivity index (χ1v) is 6.74. The van der Waals surface area contributed by atoms with E-state index in [0.717, 1.165) is 0 Å². The lowest BCUT2D eigenvalue weighted by molar-refractivity contribution is 0.103. The van der Waals surface area contributed by atoms with Crippen molar-refractivity contribution in [2.24, 2.45) is 0 Å². The summed E-state index contributed by atoms with van der Waals surface area (Å²) >= 11 is 23.5. The smallest absolute Gasteiger partial charge is 0.196 e. The summed E-state index contributed by atoms with van der Waals surface area (Å²) < 4.78 is 0. The highest BCUT2D eigenvalue weighted by Gasteiger charge is 2.25. The van der Waals surface area contributed by atoms with Crippen LogP contribution in [0, 0.1) is 0 Å². The van der Waals surface area contributed by atoms with Gasteiger partial charge >= 0.3 is 0 Å². The first kappa shape index (κ1) is 15.3. The summed E-state index contributed by atoms with van der Waals surface area (Å²) in [5.74, 6) is -0.991. The zero-order valence-electron chi connectivity index (χ0n) is 9.62. The molecule has 0 bridgehead atoms. The summed E-state index contributed by atoms with van der Waals surface area (Å²) in [7, 11) is 0. The number of benzene rings is 2. The van der Waals surface area contributed by atoms with Crippen LogP contribution in [0.3, 0.4) is 0 Å². The summed E-state index contributed by atoms with van der Waals surface area (Å²) in [6.45, 7) is 0. The Hall–Kier alpha value is -1.13. The van der Waals surface area contributed by atoms with Crippen molar-refractivity contribution < 1.29 is 15.0 Å². The number of halogens is 4. The van der Waals surface area contributed by atoms with Crippen LogP contribution in [0.2, 0.25) is 20.1 Å². The Balaban J connectivity index is 2.64. The van der Waals surface area contributed by atoms with Crippen molar-refractivity contribution in [3.05, 3.63) is 55.5 Å². The Bertz CT molecular complexity index is 667. The molecule has 0 amide bonds. The van der Waals surface area contributed by atoms with Gasteiger partial charge in [0.05, 0.1) is 15.6 Å². The predicted molar refractivity (Wildman–Crippen MR) is 79.7 cm³/mol. The van der Waals surface area contributed by atoms with E-state index in [-0.39, 0.29) is 37.0 Å². The molecule has 0 aliphatic carbocycles. The van der Waals surface area contributed by atoms with E-state index < -0.39 is 11.5 Å². The fraction of sp³-hybridized carbons (Fsp3) is 0. The Labute approximate surface area is 134 Å². The predicted octanol–water partition coefficient (Wildman–Crippen LogP) is 4.94. The zero-order valence-corrected chi connectivity index (χ0v) is 12.6. The van der Waals surface area contributed by atoms with E-state index in [0.29, 0.717) is 0 Å². The van der Waals surface area contributed by atoms with Gasteiger partial charge in [0.15, 0.2) is 11.5 Å². The number of phenols is 2. The normalized spacial score (nSPS) is 10.6. The van der Waals surface area contributed by atoms with Crippen LogP contribution in [0.4, 0.5) is 0 Å². The third-order valence-electron chi connectivity index (χ3n) is 2.60. The molecule has 2 rings (SSSR count). The Morgan fingerprint density at radius 2 is 1.25 bits per heavy atom. The molecule has 0 unspecified atom stereocenters. The molecule has 0 aromatic heterocycles. The van der Waals surface area contributed by atoms with Gasteiger partial charge < -0.3 is 10.2 Å². The van der Waals surface area contributed by atoms with E-state index in [1.54, 1.807) is 0 Å². The molecule has 2 aromatic rings. The SMILES string of the molecule is O=C(c1ccc(O)cc1)c1c(Cl)c(Cl)c(O)c(Cl)c1Cl. The first-order chi connectivity index (χ1) is 9.34. The maximum absolute atomic E-state index is 12.4. The molecular weight excluding hydrogens is 346 g/mol. The van der Waals surface area contributed by atoms with E-state index in [2.05, 4.69) is 0 Å². The van der Waals surface area contributed by atoms with Crippen molar-refractivity contribution in [1.29, 1.82) is 0 Å². The number of rotatable bonds is 2. The molecule has 0 saturated heterocycles. The standard InChI is InChI=1S/C13H6Cl4O3/c14-8-7(9(15)11(17)13(20)10(8)16)12(19)5-1-3-6(18)4-2-5/h1-4,18,20H. The van der Waals surface area contributed by atoms with Gasteiger partial charge in [-0.15, -0.1) is 0 Å². The molecule has 0 aliphatic heterocycles. The molecule has 0 atom stereocenters. The largest absolute Gasteiger partial charge is 0.508 e. The summed E-state index contributed by atoms with van der Waals surface area (Å²) in [4.78, 5) is 12.4. The van der Waals surface area contributed by atoms with Crippen LogP contribution in [0.1, 0.15) is 15.9 Å². The Morgan fingerprint density at radius 3 is 1.70 bits per heavy atom. The lowest BCUT2D eigenvalue weighted by Gasteiger charge is -2.11. The highest BCUT2D eigenvalue weighted by atomic mass is 35.5. The highest BCUT2D eigenvalue weighted by Crippen LogP contribution is 2.45. The van der Waals surface area contributed by atoms with Gasteiger partial charge in [-0.2, -0.15) is 0 Å². The van der Waals surface area contributed by atoms with Crippen LogP contribution in [0.25, 0.3) is 0 Å². The molecule has 0 spiro atoms. The maximum atomic E-state index is 12.4. The molecule has 3 nitrogen and oxygen atoms in total. The van der Waals surface area contributed by atoms with Crippen molar-refractivity contribution >= 4 is 52.2 Å². The number of hydrogen-bond acceptors (Lipinski definition) is 3. The molecule has 0 radical (unpaired) electrons. The Kier molecular flexibility index (Phi) is 4.35. The average molecular weight is 352 g/mol. The second-order valence-electron chi connectivity index (χ2n) is 3.86. The van der Waals surface area contributed by atoms with Crippen LogP contribution >= 0.6 is 46.4 Å². The summed E-state index contributed by atoms with van der Waals surface area (Å²) in [5.41, 5.74) is 0.135. The van der Waals surface area contributed by atoms with E-state index in [4.69, 9.17) is 46.4 Å². The fourth-order valence-corrected chi connectivity index (χ4v) is 2.59. The third-order valence-corrected chi connectivity index (χ3v) is 4.28. The van der Waals surface area contributed by atoms with Gasteiger partial charge in [-0.1, -0.05) is 46.4 Å². The van der Waals surface area contributed by atoms with E-state index in [1.807, 2.05) is 0 Å². The summed E-state index contributed by atoms with van der Waals surface area (Å²) in [6, 6.07) is 5.50. The van der Waals surface area contributed by atoms with Gasteiger partial charge in [-0.3, -0.25) is 4.79 Å². The number of carbonyl (C=O) groups is 1. The average Bonchev–Trinajstić information content (AvgIpc) is 2.44. The highest BCUT2D eigenvalue weighted by molar-refractivity contribution is 6.52. The lowest BCUT2D eigenvalue weighted by atomic mass is 10.0. The topological polar surface area (TPSA) is 57.5 Å². The minimum atomic E-state index is -0.524. The first-order valence-electron chi connectivity index (χ1n) is 5.23. The van der Waals surface area contributed by atoms with E-state index in [9.17, 15) is 15.0 Å². The molecule has 0 heterocycles. The minimum absolute atomic E-state index is 0.0144. The van der Waals surface area contributed by atoms with Gasteiger partial charge in [-0.25, -0.2) is 0 Å². The van der Waals surface area contributed by atoms with Gasteiger partial charge in [0.25, 0.3) is 0 Å². The molecular formula is C13H6Cl4O3. The van der Waals surface area contributed by atoms with Crippen LogP contribution in [0.5, 0.6) is 11.5 Å². The van der Waals surface area contributed by atoms with Crippen LogP contribution in [-0.4, -0.2) is 16.0 Å². The number of hydrogen-bond donors (Lipinski definition) is 2. The van der Waals surface area contributed by atoms with Crippen molar-refractivity contribution in [2.75, 3.05) is 0 Å². The summed E-state index contributed by atoms with van der Waals surface area (Å²) in [5, 5.41) is 17.9. The molecule has 20 heavy (non-hydrogen) atoms. The second kappa shape index (κ2) is 5.70. The van der Waals surface area contributed by atoms with Gasteiger partial charge in [-0.05, 0) is 24.3 Å². The van der Waals surface area contributed by atoms with Crippen molar-refractivity contribution in [2.45, 2.75) is 0 Å². The minimum Gasteiger partial charge on any atom is -0.508 e. The molecule has 0 saturated carbocycles. The zero-order chi connectivity index (χ0) is 15.0. The van der Waals surface area contributed by atoms with Gasteiger partial charge in [0.2, 0.25) is 0 Å². The monoisotopic (exact) mass is 350 g/mol.